The van der Waals surface area contributed by atoms with E-state index in [1.54, 1.807) is 12.1 Å². The predicted octanol–water partition coefficient (Wildman–Crippen LogP) is 6.22. The normalized spacial score (nSPS) is 11.3. The van der Waals surface area contributed by atoms with Crippen molar-refractivity contribution in [1.29, 1.82) is 0 Å². The molecule has 1 N–H and O–H groups in total. The van der Waals surface area contributed by atoms with Crippen LogP contribution in [0.25, 0.3) is 0 Å². The van der Waals surface area contributed by atoms with Gasteiger partial charge in [-0.2, -0.15) is 10.2 Å². The van der Waals surface area contributed by atoms with E-state index >= 15 is 0 Å². The van der Waals surface area contributed by atoms with Crippen LogP contribution in [0.15, 0.2) is 99.3 Å². The van der Waals surface area contributed by atoms with Gasteiger partial charge in [0.15, 0.2) is 0 Å². The number of azo groups is 2. The van der Waals surface area contributed by atoms with Crippen LogP contribution >= 0.6 is 0 Å². The van der Waals surface area contributed by atoms with E-state index < -0.39 is 0 Å². The molecule has 0 aliphatic rings. The third-order valence-corrected chi connectivity index (χ3v) is 3.02. The van der Waals surface area contributed by atoms with Crippen molar-refractivity contribution < 1.29 is 5.11 Å². The lowest BCUT2D eigenvalue weighted by Crippen LogP contribution is -1.70. The Morgan fingerprint density at radius 1 is 0.522 bits per heavy atom. The van der Waals surface area contributed by atoms with E-state index in [0.29, 0.717) is 11.4 Å². The van der Waals surface area contributed by atoms with Crippen LogP contribution in [0.3, 0.4) is 0 Å². The van der Waals surface area contributed by atoms with Gasteiger partial charge in [0.25, 0.3) is 0 Å². The van der Waals surface area contributed by atoms with Gasteiger partial charge in [0.1, 0.15) is 17.1 Å². The Bertz CT molecular complexity index is 830. The van der Waals surface area contributed by atoms with Gasteiger partial charge in [-0.25, -0.2) is 0 Å². The molecule has 3 aromatic rings. The summed E-state index contributed by atoms with van der Waals surface area (Å²) >= 11 is 0. The van der Waals surface area contributed by atoms with Crippen molar-refractivity contribution in [2.75, 3.05) is 0 Å². The molecule has 0 aliphatic heterocycles. The van der Waals surface area contributed by atoms with E-state index in [-0.39, 0.29) is 5.75 Å². The molecule has 0 aromatic heterocycles. The highest BCUT2D eigenvalue weighted by molar-refractivity contribution is 5.63. The largest absolute Gasteiger partial charge is 0.508 e. The summed E-state index contributed by atoms with van der Waals surface area (Å²) in [6, 6.07) is 23.5. The second kappa shape index (κ2) is 7.09. The van der Waals surface area contributed by atoms with Crippen LogP contribution in [0.2, 0.25) is 0 Å². The van der Waals surface area contributed by atoms with Crippen molar-refractivity contribution in [3.8, 4) is 5.75 Å². The van der Waals surface area contributed by atoms with Crippen molar-refractivity contribution in [2.24, 2.45) is 20.5 Å². The van der Waals surface area contributed by atoms with Crippen LogP contribution in [0.1, 0.15) is 0 Å². The molecule has 5 nitrogen and oxygen atoms in total. The maximum absolute atomic E-state index is 9.65. The highest BCUT2D eigenvalue weighted by atomic mass is 16.3. The molecule has 0 saturated heterocycles. The molecule has 3 rings (SSSR count). The Labute approximate surface area is 133 Å². The van der Waals surface area contributed by atoms with E-state index in [1.807, 2.05) is 60.7 Å². The summed E-state index contributed by atoms with van der Waals surface area (Å²) in [5, 5.41) is 26.3. The molecule has 0 atom stereocenters. The molecule has 0 spiro atoms. The maximum Gasteiger partial charge on any atom is 0.117 e. The number of phenols is 1. The molecule has 112 valence electrons. The van der Waals surface area contributed by atoms with Gasteiger partial charge in [-0.3, -0.25) is 0 Å². The summed E-state index contributed by atoms with van der Waals surface area (Å²) in [7, 11) is 0. The molecule has 0 bridgehead atoms. The molecule has 0 heterocycles. The van der Waals surface area contributed by atoms with Crippen molar-refractivity contribution in [2.45, 2.75) is 0 Å². The fraction of sp³-hybridized carbons (Fsp3) is 0. The predicted molar refractivity (Wildman–Crippen MR) is 89.3 cm³/mol. The minimum atomic E-state index is 0.102. The van der Waals surface area contributed by atoms with Gasteiger partial charge < -0.3 is 5.11 Å². The van der Waals surface area contributed by atoms with Crippen LogP contribution < -0.4 is 0 Å². The standard InChI is InChI=1S/C18H14N4O/c23-16-11-12-17(21-19-14-7-3-1-4-8-14)18(13-16)22-20-15-9-5-2-6-10-15/h1-13,23H. The lowest BCUT2D eigenvalue weighted by molar-refractivity contribution is 0.475. The van der Waals surface area contributed by atoms with E-state index in [1.165, 1.54) is 6.07 Å². The van der Waals surface area contributed by atoms with Crippen molar-refractivity contribution >= 4 is 22.7 Å². The quantitative estimate of drug-likeness (QED) is 0.571. The maximum atomic E-state index is 9.65. The third kappa shape index (κ3) is 4.07. The topological polar surface area (TPSA) is 69.7 Å². The first kappa shape index (κ1) is 14.6. The minimum Gasteiger partial charge on any atom is -0.508 e. The number of nitrogens with zero attached hydrogens (tertiary/aromatic N) is 4. The first-order valence-corrected chi connectivity index (χ1v) is 7.08. The average molecular weight is 302 g/mol. The molecular formula is C18H14N4O. The number of benzene rings is 3. The summed E-state index contributed by atoms with van der Waals surface area (Å²) in [6.07, 6.45) is 0. The zero-order valence-electron chi connectivity index (χ0n) is 12.2. The minimum absolute atomic E-state index is 0.102. The zero-order valence-corrected chi connectivity index (χ0v) is 12.2. The first-order valence-electron chi connectivity index (χ1n) is 7.08. The molecule has 5 heteroatoms. The van der Waals surface area contributed by atoms with Crippen LogP contribution in [0.4, 0.5) is 22.7 Å². The van der Waals surface area contributed by atoms with E-state index in [4.69, 9.17) is 0 Å². The summed E-state index contributed by atoms with van der Waals surface area (Å²) in [5.41, 5.74) is 2.45. The fourth-order valence-electron chi connectivity index (χ4n) is 1.89. The Kier molecular flexibility index (Phi) is 4.49. The second-order valence-electron chi connectivity index (χ2n) is 4.74. The molecule has 3 aromatic carbocycles. The van der Waals surface area contributed by atoms with Crippen LogP contribution in [0.5, 0.6) is 5.75 Å². The fourth-order valence-corrected chi connectivity index (χ4v) is 1.89. The lowest BCUT2D eigenvalue weighted by atomic mass is 10.2. The molecule has 0 fully saturated rings. The highest BCUT2D eigenvalue weighted by Gasteiger charge is 2.03. The second-order valence-corrected chi connectivity index (χ2v) is 4.74. The Balaban J connectivity index is 1.89. The summed E-state index contributed by atoms with van der Waals surface area (Å²) < 4.78 is 0. The van der Waals surface area contributed by atoms with Gasteiger partial charge >= 0.3 is 0 Å². The Morgan fingerprint density at radius 3 is 1.61 bits per heavy atom. The number of hydrogen-bond acceptors (Lipinski definition) is 5. The van der Waals surface area contributed by atoms with Crippen molar-refractivity contribution in [1.82, 2.24) is 0 Å². The van der Waals surface area contributed by atoms with Gasteiger partial charge in [0.05, 0.1) is 11.4 Å². The van der Waals surface area contributed by atoms with Gasteiger partial charge in [-0.05, 0) is 36.4 Å². The molecular weight excluding hydrogens is 288 g/mol. The van der Waals surface area contributed by atoms with Crippen LogP contribution in [-0.4, -0.2) is 5.11 Å². The molecule has 0 radical (unpaired) electrons. The molecule has 0 saturated carbocycles. The number of phenolic OH excluding ortho intramolecular Hbond substituents is 1. The van der Waals surface area contributed by atoms with Crippen molar-refractivity contribution in [3.63, 3.8) is 0 Å². The van der Waals surface area contributed by atoms with E-state index in [0.717, 1.165) is 11.4 Å². The van der Waals surface area contributed by atoms with Gasteiger partial charge in [-0.1, -0.05) is 36.4 Å². The van der Waals surface area contributed by atoms with Crippen molar-refractivity contribution in [3.05, 3.63) is 78.9 Å². The Hall–Kier alpha value is -3.34. The lowest BCUT2D eigenvalue weighted by Gasteiger charge is -2.00. The smallest absolute Gasteiger partial charge is 0.117 e. The molecule has 0 unspecified atom stereocenters. The third-order valence-electron chi connectivity index (χ3n) is 3.02. The molecule has 0 aliphatic carbocycles. The first-order chi connectivity index (χ1) is 11.3. The zero-order chi connectivity index (χ0) is 15.9. The van der Waals surface area contributed by atoms with Crippen LogP contribution in [0, 0.1) is 0 Å². The highest BCUT2D eigenvalue weighted by Crippen LogP contribution is 2.33. The van der Waals surface area contributed by atoms with Gasteiger partial charge in [0, 0.05) is 6.07 Å². The summed E-state index contributed by atoms with van der Waals surface area (Å²) in [4.78, 5) is 0. The molecule has 23 heavy (non-hydrogen) atoms. The SMILES string of the molecule is Oc1ccc(N=Nc2ccccc2)c(N=Nc2ccccc2)c1. The number of hydrogen-bond donors (Lipinski definition) is 1. The van der Waals surface area contributed by atoms with Gasteiger partial charge in [0.2, 0.25) is 0 Å². The Morgan fingerprint density at radius 2 is 1.04 bits per heavy atom. The van der Waals surface area contributed by atoms with E-state index in [2.05, 4.69) is 20.5 Å². The molecule has 0 amide bonds. The van der Waals surface area contributed by atoms with Gasteiger partial charge in [-0.15, -0.1) is 10.2 Å². The summed E-state index contributed by atoms with van der Waals surface area (Å²) in [5.74, 6) is 0.102. The van der Waals surface area contributed by atoms with Crippen LogP contribution in [-0.2, 0) is 0 Å². The average Bonchev–Trinajstić information content (AvgIpc) is 2.61. The number of rotatable bonds is 4. The monoisotopic (exact) mass is 302 g/mol. The number of aromatic hydroxyl groups is 1. The summed E-state index contributed by atoms with van der Waals surface area (Å²) in [6.45, 7) is 0. The van der Waals surface area contributed by atoms with E-state index in [9.17, 15) is 5.11 Å².